The molecule has 0 aliphatic rings. The van der Waals surface area contributed by atoms with Crippen molar-refractivity contribution in [1.29, 1.82) is 0 Å². The minimum atomic E-state index is -0.153. The third kappa shape index (κ3) is 1.38. The lowest BCUT2D eigenvalue weighted by atomic mass is 10.2. The van der Waals surface area contributed by atoms with Crippen LogP contribution in [0.1, 0.15) is 0 Å². The molecule has 0 atom stereocenters. The maximum Gasteiger partial charge on any atom is 0.261 e. The molecule has 0 bridgehead atoms. The standard InChI is InChI=1S/C9H6Cl2N2O/c1-13-4-12-8-6(9(13)14)2-5(10)3-7(8)11/h2-4H,1H3. The maximum atomic E-state index is 11.6. The monoisotopic (exact) mass is 228 g/mol. The van der Waals surface area contributed by atoms with Crippen molar-refractivity contribution in [3.63, 3.8) is 0 Å². The highest BCUT2D eigenvalue weighted by Gasteiger charge is 2.06. The summed E-state index contributed by atoms with van der Waals surface area (Å²) < 4.78 is 1.38. The van der Waals surface area contributed by atoms with E-state index in [2.05, 4.69) is 4.98 Å². The molecule has 0 aliphatic carbocycles. The maximum absolute atomic E-state index is 11.6. The van der Waals surface area contributed by atoms with E-state index in [1.807, 2.05) is 0 Å². The first-order valence-corrected chi connectivity index (χ1v) is 4.65. The van der Waals surface area contributed by atoms with E-state index in [-0.39, 0.29) is 5.56 Å². The van der Waals surface area contributed by atoms with Crippen molar-refractivity contribution < 1.29 is 0 Å². The molecule has 0 saturated carbocycles. The van der Waals surface area contributed by atoms with Gasteiger partial charge in [0.15, 0.2) is 0 Å². The van der Waals surface area contributed by atoms with Gasteiger partial charge in [-0.1, -0.05) is 23.2 Å². The molecule has 0 saturated heterocycles. The van der Waals surface area contributed by atoms with Crippen LogP contribution in [0, 0.1) is 0 Å². The molecule has 3 nitrogen and oxygen atoms in total. The predicted octanol–water partition coefficient (Wildman–Crippen LogP) is 2.24. The van der Waals surface area contributed by atoms with E-state index >= 15 is 0 Å². The number of aryl methyl sites for hydroxylation is 1. The van der Waals surface area contributed by atoms with Gasteiger partial charge < -0.3 is 4.57 Å². The number of halogens is 2. The number of aromatic nitrogens is 2. The molecule has 0 unspecified atom stereocenters. The zero-order chi connectivity index (χ0) is 10.3. The highest BCUT2D eigenvalue weighted by atomic mass is 35.5. The summed E-state index contributed by atoms with van der Waals surface area (Å²) in [6.07, 6.45) is 1.43. The van der Waals surface area contributed by atoms with Gasteiger partial charge in [0.25, 0.3) is 5.56 Å². The minimum Gasteiger partial charge on any atom is -0.302 e. The molecule has 0 amide bonds. The van der Waals surface area contributed by atoms with E-state index < -0.39 is 0 Å². The summed E-state index contributed by atoms with van der Waals surface area (Å²) in [6.45, 7) is 0. The largest absolute Gasteiger partial charge is 0.302 e. The molecule has 0 spiro atoms. The van der Waals surface area contributed by atoms with Crippen LogP contribution in [-0.2, 0) is 7.05 Å². The van der Waals surface area contributed by atoms with Gasteiger partial charge in [-0.3, -0.25) is 4.79 Å². The quantitative estimate of drug-likeness (QED) is 0.694. The van der Waals surface area contributed by atoms with E-state index in [0.717, 1.165) is 0 Å². The SMILES string of the molecule is Cn1cnc2c(Cl)cc(Cl)cc2c1=O. The third-order valence-corrected chi connectivity index (χ3v) is 2.45. The highest BCUT2D eigenvalue weighted by Crippen LogP contribution is 2.23. The first kappa shape index (κ1) is 9.49. The Bertz CT molecular complexity index is 562. The smallest absolute Gasteiger partial charge is 0.261 e. The van der Waals surface area contributed by atoms with Crippen LogP contribution in [0.25, 0.3) is 10.9 Å². The van der Waals surface area contributed by atoms with E-state index in [9.17, 15) is 4.79 Å². The second kappa shape index (κ2) is 3.26. The Morgan fingerprint density at radius 1 is 1.36 bits per heavy atom. The zero-order valence-electron chi connectivity index (χ0n) is 7.29. The first-order valence-electron chi connectivity index (χ1n) is 3.90. The van der Waals surface area contributed by atoms with Gasteiger partial charge in [-0.05, 0) is 12.1 Å². The molecule has 0 aliphatic heterocycles. The molecule has 1 heterocycles. The lowest BCUT2D eigenvalue weighted by Crippen LogP contribution is -2.16. The summed E-state index contributed by atoms with van der Waals surface area (Å²) in [5.74, 6) is 0. The van der Waals surface area contributed by atoms with E-state index in [1.165, 1.54) is 10.9 Å². The average molecular weight is 229 g/mol. The van der Waals surface area contributed by atoms with Gasteiger partial charge in [0, 0.05) is 12.1 Å². The van der Waals surface area contributed by atoms with Crippen molar-refractivity contribution in [2.75, 3.05) is 0 Å². The number of benzene rings is 1. The van der Waals surface area contributed by atoms with Crippen molar-refractivity contribution in [2.45, 2.75) is 0 Å². The van der Waals surface area contributed by atoms with Crippen molar-refractivity contribution in [3.05, 3.63) is 38.9 Å². The number of rotatable bonds is 0. The number of hydrogen-bond donors (Lipinski definition) is 0. The van der Waals surface area contributed by atoms with Gasteiger partial charge in [-0.2, -0.15) is 0 Å². The molecular formula is C9H6Cl2N2O. The topological polar surface area (TPSA) is 34.9 Å². The van der Waals surface area contributed by atoms with E-state index in [0.29, 0.717) is 20.9 Å². The molecule has 0 fully saturated rings. The van der Waals surface area contributed by atoms with Crippen LogP contribution in [0.3, 0.4) is 0 Å². The number of hydrogen-bond acceptors (Lipinski definition) is 2. The van der Waals surface area contributed by atoms with E-state index in [1.54, 1.807) is 19.2 Å². The molecule has 2 rings (SSSR count). The molecule has 72 valence electrons. The van der Waals surface area contributed by atoms with Gasteiger partial charge in [-0.25, -0.2) is 4.98 Å². The zero-order valence-corrected chi connectivity index (χ0v) is 8.80. The molecule has 1 aromatic carbocycles. The Morgan fingerprint density at radius 3 is 2.79 bits per heavy atom. The fourth-order valence-corrected chi connectivity index (χ4v) is 1.79. The van der Waals surface area contributed by atoms with Gasteiger partial charge in [0.1, 0.15) is 0 Å². The van der Waals surface area contributed by atoms with Crippen molar-refractivity contribution in [1.82, 2.24) is 9.55 Å². The van der Waals surface area contributed by atoms with Crippen molar-refractivity contribution in [2.24, 2.45) is 7.05 Å². The summed E-state index contributed by atoms with van der Waals surface area (Å²) in [5.41, 5.74) is 0.332. The highest BCUT2D eigenvalue weighted by molar-refractivity contribution is 6.38. The fourth-order valence-electron chi connectivity index (χ4n) is 1.25. The second-order valence-electron chi connectivity index (χ2n) is 2.94. The third-order valence-electron chi connectivity index (χ3n) is 1.94. The van der Waals surface area contributed by atoms with Gasteiger partial charge in [0.2, 0.25) is 0 Å². The summed E-state index contributed by atoms with van der Waals surface area (Å²) in [6, 6.07) is 3.13. The van der Waals surface area contributed by atoms with E-state index in [4.69, 9.17) is 23.2 Å². The Labute approximate surface area is 89.9 Å². The summed E-state index contributed by atoms with van der Waals surface area (Å²) >= 11 is 11.7. The lowest BCUT2D eigenvalue weighted by molar-refractivity contribution is 0.843. The Hall–Kier alpha value is -1.06. The lowest BCUT2D eigenvalue weighted by Gasteiger charge is -2.02. The normalized spacial score (nSPS) is 10.8. The van der Waals surface area contributed by atoms with Crippen LogP contribution >= 0.6 is 23.2 Å². The number of nitrogens with zero attached hydrogens (tertiary/aromatic N) is 2. The second-order valence-corrected chi connectivity index (χ2v) is 3.79. The summed E-state index contributed by atoms with van der Waals surface area (Å²) in [5, 5.41) is 1.27. The van der Waals surface area contributed by atoms with Crippen LogP contribution in [0.4, 0.5) is 0 Å². The van der Waals surface area contributed by atoms with Crippen LogP contribution < -0.4 is 5.56 Å². The van der Waals surface area contributed by atoms with Crippen molar-refractivity contribution in [3.8, 4) is 0 Å². The molecule has 0 N–H and O–H groups in total. The van der Waals surface area contributed by atoms with Crippen LogP contribution in [0.15, 0.2) is 23.3 Å². The molecule has 5 heteroatoms. The fraction of sp³-hybridized carbons (Fsp3) is 0.111. The molecule has 2 aromatic rings. The van der Waals surface area contributed by atoms with Gasteiger partial charge >= 0.3 is 0 Å². The molecule has 1 aromatic heterocycles. The summed E-state index contributed by atoms with van der Waals surface area (Å²) in [4.78, 5) is 15.7. The molecule has 14 heavy (non-hydrogen) atoms. The molecule has 0 radical (unpaired) electrons. The Morgan fingerprint density at radius 2 is 2.07 bits per heavy atom. The first-order chi connectivity index (χ1) is 6.59. The van der Waals surface area contributed by atoms with Crippen LogP contribution in [0.2, 0.25) is 10.0 Å². The van der Waals surface area contributed by atoms with Gasteiger partial charge in [-0.15, -0.1) is 0 Å². The average Bonchev–Trinajstić information content (AvgIpc) is 2.12. The Balaban J connectivity index is 3.03. The minimum absolute atomic E-state index is 0.153. The van der Waals surface area contributed by atoms with Gasteiger partial charge in [0.05, 0.1) is 22.3 Å². The summed E-state index contributed by atoms with van der Waals surface area (Å²) in [7, 11) is 1.63. The van der Waals surface area contributed by atoms with Crippen molar-refractivity contribution >= 4 is 34.1 Å². The molecular weight excluding hydrogens is 223 g/mol. The van der Waals surface area contributed by atoms with Crippen LogP contribution in [0.5, 0.6) is 0 Å². The number of fused-ring (bicyclic) bond motifs is 1. The predicted molar refractivity (Wildman–Crippen MR) is 57.0 cm³/mol. The van der Waals surface area contributed by atoms with Crippen LogP contribution in [-0.4, -0.2) is 9.55 Å². The Kier molecular flexibility index (Phi) is 2.21.